The fraction of sp³-hybridized carbons (Fsp3) is 0.188. The second-order valence-corrected chi connectivity index (χ2v) is 5.59. The molecule has 3 rings (SSSR count). The Balaban J connectivity index is 1.80. The fourth-order valence-electron chi connectivity index (χ4n) is 2.37. The Morgan fingerprint density at radius 3 is 2.52 bits per heavy atom. The number of nitrogens with two attached hydrogens (primary N) is 1. The maximum absolute atomic E-state index is 13.9. The number of halogens is 2. The molecule has 2 heterocycles. The summed E-state index contributed by atoms with van der Waals surface area (Å²) in [7, 11) is 0. The van der Waals surface area contributed by atoms with Gasteiger partial charge in [-0.2, -0.15) is 15.1 Å². The van der Waals surface area contributed by atoms with E-state index in [0.29, 0.717) is 23.0 Å². The molecule has 0 saturated carbocycles. The summed E-state index contributed by atoms with van der Waals surface area (Å²) in [5.41, 5.74) is 6.94. The molecule has 0 fully saturated rings. The molecule has 0 aliphatic carbocycles. The normalized spacial score (nSPS) is 12.0. The summed E-state index contributed by atoms with van der Waals surface area (Å²) in [6, 6.07) is 6.42. The van der Waals surface area contributed by atoms with E-state index in [4.69, 9.17) is 5.73 Å². The van der Waals surface area contributed by atoms with Crippen LogP contribution >= 0.6 is 0 Å². The second-order valence-electron chi connectivity index (χ2n) is 5.59. The zero-order valence-corrected chi connectivity index (χ0v) is 13.6. The largest absolute Gasteiger partial charge is 0.368 e. The molecule has 130 valence electrons. The average Bonchev–Trinajstić information content (AvgIpc) is 2.91. The summed E-state index contributed by atoms with van der Waals surface area (Å²) >= 11 is 0. The molecule has 0 saturated heterocycles. The second kappa shape index (κ2) is 6.71. The monoisotopic (exact) mass is 345 g/mol. The Labute approximate surface area is 142 Å². The summed E-state index contributed by atoms with van der Waals surface area (Å²) in [6.07, 6.45) is 0. The molecule has 1 unspecified atom stereocenters. The molecule has 0 aliphatic rings. The van der Waals surface area contributed by atoms with E-state index < -0.39 is 17.7 Å². The predicted octanol–water partition coefficient (Wildman–Crippen LogP) is 3.29. The summed E-state index contributed by atoms with van der Waals surface area (Å²) in [5.74, 6) is 0.213. The molecular weight excluding hydrogens is 328 g/mol. The van der Waals surface area contributed by atoms with Crippen molar-refractivity contribution in [2.24, 2.45) is 0 Å². The van der Waals surface area contributed by atoms with Gasteiger partial charge in [0.25, 0.3) is 0 Å². The zero-order chi connectivity index (χ0) is 18.0. The van der Waals surface area contributed by atoms with Crippen LogP contribution in [0, 0.1) is 18.6 Å². The maximum Gasteiger partial charge on any atom is 0.223 e. The number of nitrogens with one attached hydrogen (secondary N) is 3. The van der Waals surface area contributed by atoms with E-state index >= 15 is 0 Å². The van der Waals surface area contributed by atoms with Crippen LogP contribution in [0.25, 0.3) is 0 Å². The Morgan fingerprint density at radius 2 is 1.84 bits per heavy atom. The van der Waals surface area contributed by atoms with Crippen molar-refractivity contribution >= 4 is 23.4 Å². The van der Waals surface area contributed by atoms with Gasteiger partial charge in [0.2, 0.25) is 5.95 Å². The molecule has 7 nitrogen and oxygen atoms in total. The van der Waals surface area contributed by atoms with E-state index in [1.54, 1.807) is 13.0 Å². The molecule has 1 aromatic carbocycles. The number of rotatable bonds is 5. The number of aromatic nitrogens is 4. The van der Waals surface area contributed by atoms with Gasteiger partial charge in [0, 0.05) is 29.5 Å². The molecule has 5 N–H and O–H groups in total. The van der Waals surface area contributed by atoms with Gasteiger partial charge in [-0.3, -0.25) is 5.10 Å². The predicted molar refractivity (Wildman–Crippen MR) is 91.4 cm³/mol. The first kappa shape index (κ1) is 16.6. The SMILES string of the molecule is Cc1cc(Nc2cc(NC(C)c3ccc(F)cc3F)nc(N)n2)n[nH]1. The lowest BCUT2D eigenvalue weighted by molar-refractivity contribution is 0.566. The van der Waals surface area contributed by atoms with Crippen molar-refractivity contribution in [3.63, 3.8) is 0 Å². The van der Waals surface area contributed by atoms with Crippen molar-refractivity contribution in [2.45, 2.75) is 19.9 Å². The highest BCUT2D eigenvalue weighted by atomic mass is 19.1. The molecule has 0 radical (unpaired) electrons. The zero-order valence-electron chi connectivity index (χ0n) is 13.6. The number of hydrogen-bond donors (Lipinski definition) is 4. The van der Waals surface area contributed by atoms with Gasteiger partial charge < -0.3 is 16.4 Å². The minimum atomic E-state index is -0.632. The van der Waals surface area contributed by atoms with E-state index in [1.807, 2.05) is 13.0 Å². The van der Waals surface area contributed by atoms with Crippen molar-refractivity contribution in [3.05, 3.63) is 53.2 Å². The molecule has 0 bridgehead atoms. The maximum atomic E-state index is 13.9. The van der Waals surface area contributed by atoms with Gasteiger partial charge in [-0.25, -0.2) is 8.78 Å². The van der Waals surface area contributed by atoms with Gasteiger partial charge in [0.05, 0.1) is 6.04 Å². The number of benzene rings is 1. The molecule has 0 aliphatic heterocycles. The standard InChI is InChI=1S/C16H17F2N7/c1-8-5-15(25-24-8)21-14-7-13(22-16(19)23-14)20-9(2)11-4-3-10(17)6-12(11)18/h3-7,9H,1-2H3,(H5,19,20,21,22,23,24,25). The van der Waals surface area contributed by atoms with Gasteiger partial charge >= 0.3 is 0 Å². The Bertz CT molecular complexity index is 894. The van der Waals surface area contributed by atoms with Gasteiger partial charge in [0.1, 0.15) is 23.3 Å². The van der Waals surface area contributed by atoms with Crippen molar-refractivity contribution < 1.29 is 8.78 Å². The summed E-state index contributed by atoms with van der Waals surface area (Å²) in [6.45, 7) is 3.61. The minimum absolute atomic E-state index is 0.0477. The average molecular weight is 345 g/mol. The number of aromatic amines is 1. The highest BCUT2D eigenvalue weighted by Gasteiger charge is 2.13. The van der Waals surface area contributed by atoms with Crippen LogP contribution in [0.4, 0.5) is 32.2 Å². The minimum Gasteiger partial charge on any atom is -0.368 e. The van der Waals surface area contributed by atoms with Gasteiger partial charge in [0.15, 0.2) is 5.82 Å². The smallest absolute Gasteiger partial charge is 0.223 e. The van der Waals surface area contributed by atoms with Crippen molar-refractivity contribution in [1.29, 1.82) is 0 Å². The van der Waals surface area contributed by atoms with Gasteiger partial charge in [-0.05, 0) is 19.9 Å². The van der Waals surface area contributed by atoms with E-state index in [0.717, 1.165) is 11.8 Å². The number of anilines is 4. The molecule has 25 heavy (non-hydrogen) atoms. The van der Waals surface area contributed by atoms with Crippen LogP contribution in [0.15, 0.2) is 30.3 Å². The van der Waals surface area contributed by atoms with E-state index in [9.17, 15) is 8.78 Å². The van der Waals surface area contributed by atoms with Crippen molar-refractivity contribution in [3.8, 4) is 0 Å². The first-order valence-electron chi connectivity index (χ1n) is 7.56. The Hall–Kier alpha value is -3.23. The fourth-order valence-corrected chi connectivity index (χ4v) is 2.37. The molecular formula is C16H17F2N7. The summed E-state index contributed by atoms with van der Waals surface area (Å²) in [5, 5.41) is 12.9. The van der Waals surface area contributed by atoms with E-state index in [1.165, 1.54) is 12.1 Å². The first-order valence-corrected chi connectivity index (χ1v) is 7.56. The quantitative estimate of drug-likeness (QED) is 0.566. The molecule has 0 spiro atoms. The highest BCUT2D eigenvalue weighted by molar-refractivity contribution is 5.58. The number of aryl methyl sites for hydroxylation is 1. The van der Waals surface area contributed by atoms with Gasteiger partial charge in [-0.1, -0.05) is 6.07 Å². The summed E-state index contributed by atoms with van der Waals surface area (Å²) < 4.78 is 26.9. The Morgan fingerprint density at radius 1 is 1.08 bits per heavy atom. The third kappa shape index (κ3) is 4.00. The van der Waals surface area contributed by atoms with Crippen LogP contribution < -0.4 is 16.4 Å². The van der Waals surface area contributed by atoms with Crippen LogP contribution in [-0.2, 0) is 0 Å². The molecule has 3 aromatic rings. The molecule has 9 heteroatoms. The summed E-state index contributed by atoms with van der Waals surface area (Å²) in [4.78, 5) is 8.17. The third-order valence-electron chi connectivity index (χ3n) is 3.50. The van der Waals surface area contributed by atoms with Gasteiger partial charge in [-0.15, -0.1) is 0 Å². The number of nitrogen functional groups attached to an aromatic ring is 1. The molecule has 2 aromatic heterocycles. The molecule has 0 amide bonds. The molecule has 1 atom stereocenters. The number of nitrogens with zero attached hydrogens (tertiary/aromatic N) is 3. The lowest BCUT2D eigenvalue weighted by Crippen LogP contribution is -2.12. The Kier molecular flexibility index (Phi) is 4.46. The third-order valence-corrected chi connectivity index (χ3v) is 3.50. The van der Waals surface area contributed by atoms with E-state index in [-0.39, 0.29) is 5.95 Å². The topological polar surface area (TPSA) is 105 Å². The van der Waals surface area contributed by atoms with Crippen LogP contribution in [0.5, 0.6) is 0 Å². The van der Waals surface area contributed by atoms with Crippen LogP contribution in [-0.4, -0.2) is 20.2 Å². The first-order chi connectivity index (χ1) is 11.9. The highest BCUT2D eigenvalue weighted by Crippen LogP contribution is 2.24. The lowest BCUT2D eigenvalue weighted by Gasteiger charge is -2.16. The lowest BCUT2D eigenvalue weighted by atomic mass is 10.1. The van der Waals surface area contributed by atoms with Crippen LogP contribution in [0.3, 0.4) is 0 Å². The van der Waals surface area contributed by atoms with Crippen molar-refractivity contribution in [1.82, 2.24) is 20.2 Å². The van der Waals surface area contributed by atoms with Crippen LogP contribution in [0.2, 0.25) is 0 Å². The van der Waals surface area contributed by atoms with Crippen LogP contribution in [0.1, 0.15) is 24.2 Å². The van der Waals surface area contributed by atoms with E-state index in [2.05, 4.69) is 30.8 Å². The number of hydrogen-bond acceptors (Lipinski definition) is 6. The van der Waals surface area contributed by atoms with Crippen molar-refractivity contribution in [2.75, 3.05) is 16.4 Å². The number of H-pyrrole nitrogens is 1.